The van der Waals surface area contributed by atoms with Gasteiger partial charge in [-0.15, -0.1) is 0 Å². The molecule has 0 amide bonds. The molecule has 7 heteroatoms. The van der Waals surface area contributed by atoms with Crippen LogP contribution in [-0.2, 0) is 19.7 Å². The van der Waals surface area contributed by atoms with Crippen LogP contribution in [0, 0.1) is 12.7 Å². The van der Waals surface area contributed by atoms with Crippen molar-refractivity contribution >= 4 is 21.0 Å². The van der Waals surface area contributed by atoms with E-state index in [1.807, 2.05) is 42.0 Å². The Morgan fingerprint density at radius 1 is 0.902 bits per heavy atom. The summed E-state index contributed by atoms with van der Waals surface area (Å²) in [5, 5.41) is 12.4. The van der Waals surface area contributed by atoms with Crippen molar-refractivity contribution in [2.45, 2.75) is 50.2 Å². The number of benzene rings is 4. The highest BCUT2D eigenvalue weighted by atomic mass is 32.2. The third kappa shape index (κ3) is 6.12. The van der Waals surface area contributed by atoms with Crippen molar-refractivity contribution in [3.63, 3.8) is 0 Å². The van der Waals surface area contributed by atoms with Crippen LogP contribution in [0.2, 0.25) is 0 Å². The molecule has 212 valence electrons. The van der Waals surface area contributed by atoms with Crippen molar-refractivity contribution in [1.82, 2.24) is 4.57 Å². The molecule has 0 spiro atoms. The van der Waals surface area contributed by atoms with Gasteiger partial charge in [-0.05, 0) is 59.4 Å². The zero-order valence-corrected chi connectivity index (χ0v) is 24.4. The highest BCUT2D eigenvalue weighted by Crippen LogP contribution is 2.37. The smallest absolute Gasteiger partial charge is 0.297 e. The summed E-state index contributed by atoms with van der Waals surface area (Å²) in [7, 11) is -4.12. The van der Waals surface area contributed by atoms with Crippen LogP contribution in [0.25, 0.3) is 22.0 Å². The third-order valence-corrected chi connectivity index (χ3v) is 8.66. The highest BCUT2D eigenvalue weighted by Gasteiger charge is 2.29. The van der Waals surface area contributed by atoms with E-state index in [4.69, 9.17) is 4.18 Å². The molecule has 0 aliphatic heterocycles. The van der Waals surface area contributed by atoms with Gasteiger partial charge in [-0.25, -0.2) is 4.39 Å². The predicted molar refractivity (Wildman–Crippen MR) is 161 cm³/mol. The fourth-order valence-electron chi connectivity index (χ4n) is 5.10. The molecule has 5 rings (SSSR count). The number of rotatable bonds is 8. The van der Waals surface area contributed by atoms with E-state index in [2.05, 4.69) is 45.0 Å². The normalized spacial score (nSPS) is 13.8. The van der Waals surface area contributed by atoms with Crippen LogP contribution in [0.4, 0.5) is 4.39 Å². The van der Waals surface area contributed by atoms with E-state index in [0.29, 0.717) is 5.56 Å². The lowest BCUT2D eigenvalue weighted by Crippen LogP contribution is -2.30. The second-order valence-corrected chi connectivity index (χ2v) is 13.0. The van der Waals surface area contributed by atoms with Crippen molar-refractivity contribution in [1.29, 1.82) is 0 Å². The number of aryl methyl sites for hydroxylation is 1. The Labute approximate surface area is 241 Å². The first kappa shape index (κ1) is 28.7. The van der Waals surface area contributed by atoms with Crippen molar-refractivity contribution in [3.05, 3.63) is 126 Å². The van der Waals surface area contributed by atoms with E-state index in [0.717, 1.165) is 27.6 Å². The number of aliphatic hydroxyl groups excluding tert-OH is 1. The SMILES string of the molecule is Cc1ccc(S(=O)(=O)OCC(O)C(c2cccc(F)c2)n2cc(-c3ccc(C(C)(C)C)cc3)c3ccccc32)cc1. The molecule has 0 radical (unpaired) electrons. The van der Waals surface area contributed by atoms with E-state index < -0.39 is 34.7 Å². The second-order valence-electron chi connectivity index (χ2n) is 11.4. The Balaban J connectivity index is 1.56. The van der Waals surface area contributed by atoms with E-state index in [-0.39, 0.29) is 10.3 Å². The standard InChI is InChI=1S/C34H34FNO4S/c1-23-12-18-28(19-13-23)41(38,39)40-22-32(37)33(25-8-7-9-27(35)20-25)36-21-30(29-10-5-6-11-31(29)36)24-14-16-26(17-15-24)34(2,3)4/h5-21,32-33,37H,22H2,1-4H3. The van der Waals surface area contributed by atoms with Gasteiger partial charge in [0.25, 0.3) is 10.1 Å². The maximum absolute atomic E-state index is 14.4. The van der Waals surface area contributed by atoms with Gasteiger partial charge in [0.1, 0.15) is 11.9 Å². The molecule has 1 aromatic heterocycles. The molecule has 0 aliphatic carbocycles. The van der Waals surface area contributed by atoms with Gasteiger partial charge >= 0.3 is 0 Å². The topological polar surface area (TPSA) is 68.5 Å². The van der Waals surface area contributed by atoms with Gasteiger partial charge in [0, 0.05) is 22.7 Å². The van der Waals surface area contributed by atoms with Crippen molar-refractivity contribution in [3.8, 4) is 11.1 Å². The average molecular weight is 572 g/mol. The first-order chi connectivity index (χ1) is 19.4. The Morgan fingerprint density at radius 3 is 2.24 bits per heavy atom. The van der Waals surface area contributed by atoms with Gasteiger partial charge in [0.15, 0.2) is 0 Å². The monoisotopic (exact) mass is 571 g/mol. The first-order valence-corrected chi connectivity index (χ1v) is 14.9. The quantitative estimate of drug-likeness (QED) is 0.197. The maximum atomic E-state index is 14.4. The minimum Gasteiger partial charge on any atom is -0.388 e. The molecule has 0 aliphatic rings. The van der Waals surface area contributed by atoms with Gasteiger partial charge in [-0.1, -0.05) is 93.1 Å². The number of aliphatic hydroxyl groups is 1. The van der Waals surface area contributed by atoms with Crippen LogP contribution in [-0.4, -0.2) is 30.8 Å². The molecular weight excluding hydrogens is 537 g/mol. The summed E-state index contributed by atoms with van der Waals surface area (Å²) >= 11 is 0. The molecule has 1 N–H and O–H groups in total. The summed E-state index contributed by atoms with van der Waals surface area (Å²) in [5.41, 5.74) is 5.39. The maximum Gasteiger partial charge on any atom is 0.297 e. The molecule has 0 bridgehead atoms. The lowest BCUT2D eigenvalue weighted by molar-refractivity contribution is 0.0784. The molecule has 0 fully saturated rings. The van der Waals surface area contributed by atoms with Crippen LogP contribution in [0.3, 0.4) is 0 Å². The summed E-state index contributed by atoms with van der Waals surface area (Å²) in [6.07, 6.45) is 0.619. The van der Waals surface area contributed by atoms with Crippen LogP contribution in [0.1, 0.15) is 43.5 Å². The van der Waals surface area contributed by atoms with E-state index in [1.165, 1.54) is 29.8 Å². The largest absolute Gasteiger partial charge is 0.388 e. The summed E-state index contributed by atoms with van der Waals surface area (Å²) < 4.78 is 47.4. The molecule has 2 atom stereocenters. The van der Waals surface area contributed by atoms with Gasteiger partial charge < -0.3 is 9.67 Å². The Morgan fingerprint density at radius 2 is 1.59 bits per heavy atom. The summed E-state index contributed by atoms with van der Waals surface area (Å²) in [5.74, 6) is -0.456. The highest BCUT2D eigenvalue weighted by molar-refractivity contribution is 7.86. The molecule has 2 unspecified atom stereocenters. The Bertz CT molecular complexity index is 1770. The minimum atomic E-state index is -4.12. The average Bonchev–Trinajstić information content (AvgIpc) is 3.31. The fraction of sp³-hybridized carbons (Fsp3) is 0.235. The Hall–Kier alpha value is -3.78. The molecule has 0 saturated heterocycles. The van der Waals surface area contributed by atoms with Gasteiger partial charge in [-0.2, -0.15) is 8.42 Å². The minimum absolute atomic E-state index is 0.00464. The zero-order chi connectivity index (χ0) is 29.4. The molecule has 5 nitrogen and oxygen atoms in total. The van der Waals surface area contributed by atoms with Crippen LogP contribution in [0.5, 0.6) is 0 Å². The molecule has 0 saturated carbocycles. The molecule has 4 aromatic carbocycles. The molecule has 41 heavy (non-hydrogen) atoms. The first-order valence-electron chi connectivity index (χ1n) is 13.5. The number of hydrogen-bond donors (Lipinski definition) is 1. The molecule has 1 heterocycles. The third-order valence-electron chi connectivity index (χ3n) is 7.36. The summed E-state index contributed by atoms with van der Waals surface area (Å²) in [6.45, 7) is 7.85. The van der Waals surface area contributed by atoms with Crippen LogP contribution < -0.4 is 0 Å². The number of fused-ring (bicyclic) bond motifs is 1. The summed E-state index contributed by atoms with van der Waals surface area (Å²) in [6, 6.07) is 27.7. The van der Waals surface area contributed by atoms with Crippen LogP contribution in [0.15, 0.2) is 108 Å². The van der Waals surface area contributed by atoms with Crippen molar-refractivity contribution < 1.29 is 22.1 Å². The number of para-hydroxylation sites is 1. The fourth-order valence-corrected chi connectivity index (χ4v) is 6.02. The lowest BCUT2D eigenvalue weighted by Gasteiger charge is -2.26. The second kappa shape index (κ2) is 11.2. The zero-order valence-electron chi connectivity index (χ0n) is 23.6. The van der Waals surface area contributed by atoms with Crippen molar-refractivity contribution in [2.75, 3.05) is 6.61 Å². The van der Waals surface area contributed by atoms with Crippen LogP contribution >= 0.6 is 0 Å². The van der Waals surface area contributed by atoms with E-state index >= 15 is 0 Å². The number of nitrogens with zero attached hydrogens (tertiary/aromatic N) is 1. The lowest BCUT2D eigenvalue weighted by atomic mass is 9.86. The molecule has 5 aromatic rings. The summed E-state index contributed by atoms with van der Waals surface area (Å²) in [4.78, 5) is 0.00464. The predicted octanol–water partition coefficient (Wildman–Crippen LogP) is 7.41. The van der Waals surface area contributed by atoms with E-state index in [1.54, 1.807) is 24.3 Å². The van der Waals surface area contributed by atoms with Gasteiger partial charge in [-0.3, -0.25) is 4.18 Å². The molecular formula is C34H34FNO4S. The van der Waals surface area contributed by atoms with Gasteiger partial charge in [0.05, 0.1) is 17.5 Å². The number of aromatic nitrogens is 1. The Kier molecular flexibility index (Phi) is 7.88. The van der Waals surface area contributed by atoms with Gasteiger partial charge in [0.2, 0.25) is 0 Å². The number of hydrogen-bond acceptors (Lipinski definition) is 4. The van der Waals surface area contributed by atoms with E-state index in [9.17, 15) is 17.9 Å². The number of halogens is 1. The van der Waals surface area contributed by atoms with Crippen molar-refractivity contribution in [2.24, 2.45) is 0 Å².